The van der Waals surface area contributed by atoms with E-state index in [0.29, 0.717) is 13.0 Å². The van der Waals surface area contributed by atoms with E-state index in [4.69, 9.17) is 5.11 Å². The van der Waals surface area contributed by atoms with Gasteiger partial charge in [-0.2, -0.15) is 0 Å². The van der Waals surface area contributed by atoms with Gasteiger partial charge in [0.1, 0.15) is 0 Å². The molecule has 5 heteroatoms. The second-order valence-corrected chi connectivity index (χ2v) is 5.00. The van der Waals surface area contributed by atoms with Gasteiger partial charge in [0.2, 0.25) is 5.91 Å². The summed E-state index contributed by atoms with van der Waals surface area (Å²) in [4.78, 5) is 24.9. The summed E-state index contributed by atoms with van der Waals surface area (Å²) < 4.78 is 0. The number of nitrogens with zero attached hydrogens (tertiary/aromatic N) is 1. The van der Waals surface area contributed by atoms with Crippen molar-refractivity contribution in [3.05, 3.63) is 0 Å². The van der Waals surface area contributed by atoms with Gasteiger partial charge >= 0.3 is 5.97 Å². The number of aliphatic carboxylic acids is 1. The number of carboxylic acid groups (broad SMARTS) is 1. The SMILES string of the molecule is O=C(O)[C@H]1CCCN(C(=O)[C@@H]2CCCNC2)C1. The molecule has 0 aliphatic carbocycles. The zero-order valence-corrected chi connectivity index (χ0v) is 10.0. The summed E-state index contributed by atoms with van der Waals surface area (Å²) in [5, 5.41) is 12.2. The van der Waals surface area contributed by atoms with Crippen molar-refractivity contribution in [1.82, 2.24) is 10.2 Å². The smallest absolute Gasteiger partial charge is 0.308 e. The van der Waals surface area contributed by atoms with Crippen LogP contribution in [-0.2, 0) is 9.59 Å². The van der Waals surface area contributed by atoms with Crippen LogP contribution in [0.25, 0.3) is 0 Å². The van der Waals surface area contributed by atoms with Crippen LogP contribution in [0, 0.1) is 11.8 Å². The average molecular weight is 240 g/mol. The Morgan fingerprint density at radius 2 is 1.94 bits per heavy atom. The lowest BCUT2D eigenvalue weighted by Crippen LogP contribution is -2.48. The van der Waals surface area contributed by atoms with Crippen LogP contribution in [0.15, 0.2) is 0 Å². The van der Waals surface area contributed by atoms with Gasteiger partial charge in [0.05, 0.1) is 11.8 Å². The van der Waals surface area contributed by atoms with Crippen LogP contribution >= 0.6 is 0 Å². The molecule has 2 aliphatic rings. The van der Waals surface area contributed by atoms with Crippen LogP contribution in [0.4, 0.5) is 0 Å². The van der Waals surface area contributed by atoms with Crippen LogP contribution in [0.1, 0.15) is 25.7 Å². The third-order valence-electron chi connectivity index (χ3n) is 3.73. The van der Waals surface area contributed by atoms with Gasteiger partial charge in [0, 0.05) is 19.6 Å². The lowest BCUT2D eigenvalue weighted by Gasteiger charge is -2.34. The maximum absolute atomic E-state index is 12.2. The molecule has 2 rings (SSSR count). The van der Waals surface area contributed by atoms with Crippen molar-refractivity contribution in [2.75, 3.05) is 26.2 Å². The number of nitrogens with one attached hydrogen (secondary N) is 1. The molecular formula is C12H20N2O3. The van der Waals surface area contributed by atoms with Gasteiger partial charge in [0.15, 0.2) is 0 Å². The molecule has 0 aromatic rings. The van der Waals surface area contributed by atoms with Crippen LogP contribution in [-0.4, -0.2) is 48.1 Å². The Morgan fingerprint density at radius 3 is 2.59 bits per heavy atom. The van der Waals surface area contributed by atoms with Gasteiger partial charge in [0.25, 0.3) is 0 Å². The molecule has 0 saturated carbocycles. The van der Waals surface area contributed by atoms with Gasteiger partial charge < -0.3 is 15.3 Å². The van der Waals surface area contributed by atoms with Gasteiger partial charge in [-0.3, -0.25) is 9.59 Å². The minimum atomic E-state index is -0.774. The number of carboxylic acids is 1. The first-order valence-electron chi connectivity index (χ1n) is 6.41. The third kappa shape index (κ3) is 2.97. The van der Waals surface area contributed by atoms with Crippen LogP contribution in [0.2, 0.25) is 0 Å². The van der Waals surface area contributed by atoms with E-state index in [1.54, 1.807) is 4.90 Å². The first-order valence-corrected chi connectivity index (χ1v) is 6.41. The zero-order valence-electron chi connectivity index (χ0n) is 10.0. The maximum Gasteiger partial charge on any atom is 0.308 e. The molecule has 2 N–H and O–H groups in total. The van der Waals surface area contributed by atoms with Gasteiger partial charge in [-0.15, -0.1) is 0 Å². The van der Waals surface area contributed by atoms with Gasteiger partial charge in [-0.25, -0.2) is 0 Å². The van der Waals surface area contributed by atoms with Crippen molar-refractivity contribution < 1.29 is 14.7 Å². The van der Waals surface area contributed by atoms with E-state index in [1.807, 2.05) is 0 Å². The third-order valence-corrected chi connectivity index (χ3v) is 3.73. The van der Waals surface area contributed by atoms with E-state index in [2.05, 4.69) is 5.32 Å². The highest BCUT2D eigenvalue weighted by atomic mass is 16.4. The number of likely N-dealkylation sites (tertiary alicyclic amines) is 1. The second kappa shape index (κ2) is 5.49. The van der Waals surface area contributed by atoms with Crippen molar-refractivity contribution in [3.8, 4) is 0 Å². The molecular weight excluding hydrogens is 220 g/mol. The Balaban J connectivity index is 1.91. The maximum atomic E-state index is 12.2. The fourth-order valence-electron chi connectivity index (χ4n) is 2.70. The first-order chi connectivity index (χ1) is 8.18. The topological polar surface area (TPSA) is 69.6 Å². The van der Waals surface area contributed by atoms with Gasteiger partial charge in [-0.05, 0) is 32.2 Å². The highest BCUT2D eigenvalue weighted by Crippen LogP contribution is 2.20. The van der Waals surface area contributed by atoms with Crippen molar-refractivity contribution in [2.24, 2.45) is 11.8 Å². The van der Waals surface area contributed by atoms with E-state index in [0.717, 1.165) is 38.9 Å². The van der Waals surface area contributed by atoms with Crippen molar-refractivity contribution >= 4 is 11.9 Å². The molecule has 17 heavy (non-hydrogen) atoms. The lowest BCUT2D eigenvalue weighted by molar-refractivity contribution is -0.147. The number of rotatable bonds is 2. The molecule has 2 fully saturated rings. The fourth-order valence-corrected chi connectivity index (χ4v) is 2.70. The standard InChI is InChI=1S/C12H20N2O3/c15-11(9-3-1-5-13-7-9)14-6-2-4-10(8-14)12(16)17/h9-10,13H,1-8H2,(H,16,17)/t9-,10+/m1/s1. The molecule has 0 aromatic carbocycles. The van der Waals surface area contributed by atoms with Crippen molar-refractivity contribution in [2.45, 2.75) is 25.7 Å². The normalized spacial score (nSPS) is 30.0. The highest BCUT2D eigenvalue weighted by Gasteiger charge is 2.32. The van der Waals surface area contributed by atoms with E-state index >= 15 is 0 Å². The van der Waals surface area contributed by atoms with Crippen molar-refractivity contribution in [1.29, 1.82) is 0 Å². The zero-order chi connectivity index (χ0) is 12.3. The molecule has 2 atom stereocenters. The predicted octanol–water partition coefficient (Wildman–Crippen LogP) is 0.309. The lowest BCUT2D eigenvalue weighted by atomic mass is 9.94. The molecule has 0 bridgehead atoms. The van der Waals surface area contributed by atoms with Crippen LogP contribution in [0.3, 0.4) is 0 Å². The molecule has 0 aromatic heterocycles. The summed E-state index contributed by atoms with van der Waals surface area (Å²) in [6, 6.07) is 0. The summed E-state index contributed by atoms with van der Waals surface area (Å²) in [6.07, 6.45) is 3.47. The minimum Gasteiger partial charge on any atom is -0.481 e. The Kier molecular flexibility index (Phi) is 3.99. The monoisotopic (exact) mass is 240 g/mol. The molecule has 0 unspecified atom stereocenters. The summed E-state index contributed by atoms with van der Waals surface area (Å²) in [6.45, 7) is 2.85. The summed E-state index contributed by atoms with van der Waals surface area (Å²) in [5.41, 5.74) is 0. The Hall–Kier alpha value is -1.10. The second-order valence-electron chi connectivity index (χ2n) is 5.00. The Labute approximate surface area is 101 Å². The molecule has 5 nitrogen and oxygen atoms in total. The molecule has 2 saturated heterocycles. The highest BCUT2D eigenvalue weighted by molar-refractivity contribution is 5.80. The fraction of sp³-hybridized carbons (Fsp3) is 0.833. The molecule has 1 amide bonds. The summed E-state index contributed by atoms with van der Waals surface area (Å²) in [5.74, 6) is -0.951. The number of carbonyl (C=O) groups excluding carboxylic acids is 1. The molecule has 0 radical (unpaired) electrons. The average Bonchev–Trinajstić information content (AvgIpc) is 2.39. The minimum absolute atomic E-state index is 0.0521. The quantitative estimate of drug-likeness (QED) is 0.729. The largest absolute Gasteiger partial charge is 0.481 e. The van der Waals surface area contributed by atoms with Crippen molar-refractivity contribution in [3.63, 3.8) is 0 Å². The number of hydrogen-bond acceptors (Lipinski definition) is 3. The van der Waals surface area contributed by atoms with Crippen LogP contribution in [0.5, 0.6) is 0 Å². The summed E-state index contributed by atoms with van der Waals surface area (Å²) in [7, 11) is 0. The number of piperidine rings is 2. The molecule has 2 aliphatic heterocycles. The number of amides is 1. The van der Waals surface area contributed by atoms with E-state index in [1.165, 1.54) is 0 Å². The predicted molar refractivity (Wildman–Crippen MR) is 62.5 cm³/mol. The number of hydrogen-bond donors (Lipinski definition) is 2. The van der Waals surface area contributed by atoms with E-state index in [-0.39, 0.29) is 17.7 Å². The Bertz CT molecular complexity index is 300. The summed E-state index contributed by atoms with van der Waals surface area (Å²) >= 11 is 0. The van der Waals surface area contributed by atoms with E-state index in [9.17, 15) is 9.59 Å². The number of carbonyl (C=O) groups is 2. The molecule has 96 valence electrons. The molecule has 0 spiro atoms. The molecule has 2 heterocycles. The first kappa shape index (κ1) is 12.4. The van der Waals surface area contributed by atoms with Crippen LogP contribution < -0.4 is 5.32 Å². The van der Waals surface area contributed by atoms with E-state index < -0.39 is 5.97 Å². The van der Waals surface area contributed by atoms with Gasteiger partial charge in [-0.1, -0.05) is 0 Å². The Morgan fingerprint density at radius 1 is 1.18 bits per heavy atom.